The third-order valence-corrected chi connectivity index (χ3v) is 3.52. The molecule has 94 valence electrons. The van der Waals surface area contributed by atoms with Crippen LogP contribution in [0.25, 0.3) is 0 Å². The maximum atomic E-state index is 5.75. The Morgan fingerprint density at radius 1 is 1.35 bits per heavy atom. The Kier molecular flexibility index (Phi) is 4.13. The lowest BCUT2D eigenvalue weighted by Gasteiger charge is -2.35. The number of aromatic nitrogens is 1. The first-order chi connectivity index (χ1) is 8.19. The Bertz CT molecular complexity index is 354. The summed E-state index contributed by atoms with van der Waals surface area (Å²) in [6, 6.07) is 4.05. The van der Waals surface area contributed by atoms with Crippen LogP contribution in [0, 0.1) is 11.8 Å². The number of nitrogens with zero attached hydrogens (tertiary/aromatic N) is 2. The number of hydrogen-bond donors (Lipinski definition) is 1. The molecular weight excluding hydrogens is 210 g/mol. The van der Waals surface area contributed by atoms with Crippen LogP contribution in [0.15, 0.2) is 18.3 Å². The highest BCUT2D eigenvalue weighted by molar-refractivity contribution is 5.19. The van der Waals surface area contributed by atoms with Crippen molar-refractivity contribution in [3.63, 3.8) is 0 Å². The molecule has 2 N–H and O–H groups in total. The topological polar surface area (TPSA) is 42.2 Å². The largest absolute Gasteiger partial charge is 0.326 e. The molecule has 3 nitrogen and oxygen atoms in total. The van der Waals surface area contributed by atoms with Gasteiger partial charge in [-0.1, -0.05) is 19.9 Å². The van der Waals surface area contributed by atoms with Gasteiger partial charge in [-0.25, -0.2) is 0 Å². The molecule has 1 saturated heterocycles. The second-order valence-corrected chi connectivity index (χ2v) is 5.45. The maximum Gasteiger partial charge on any atom is 0.0588 e. The van der Waals surface area contributed by atoms with Crippen LogP contribution in [-0.4, -0.2) is 23.0 Å². The molecule has 0 spiro atoms. The molecule has 2 rings (SSSR count). The molecule has 0 amide bonds. The SMILES string of the molecule is CC1CC(C)CN(Cc2ncccc2CN)C1. The molecule has 0 saturated carbocycles. The fourth-order valence-electron chi connectivity index (χ4n) is 2.93. The minimum Gasteiger partial charge on any atom is -0.326 e. The van der Waals surface area contributed by atoms with Gasteiger partial charge in [0.05, 0.1) is 5.69 Å². The minimum atomic E-state index is 0.585. The second kappa shape index (κ2) is 5.61. The highest BCUT2D eigenvalue weighted by Crippen LogP contribution is 2.22. The minimum absolute atomic E-state index is 0.585. The quantitative estimate of drug-likeness (QED) is 0.868. The van der Waals surface area contributed by atoms with Gasteiger partial charge in [0.25, 0.3) is 0 Å². The molecule has 0 aromatic carbocycles. The highest BCUT2D eigenvalue weighted by atomic mass is 15.1. The fourth-order valence-corrected chi connectivity index (χ4v) is 2.93. The lowest BCUT2D eigenvalue weighted by Crippen LogP contribution is -2.38. The summed E-state index contributed by atoms with van der Waals surface area (Å²) in [6.07, 6.45) is 3.22. The summed E-state index contributed by atoms with van der Waals surface area (Å²) in [4.78, 5) is 6.99. The van der Waals surface area contributed by atoms with Gasteiger partial charge in [-0.3, -0.25) is 9.88 Å². The van der Waals surface area contributed by atoms with Crippen LogP contribution in [0.3, 0.4) is 0 Å². The van der Waals surface area contributed by atoms with E-state index in [1.165, 1.54) is 25.1 Å². The van der Waals surface area contributed by atoms with E-state index in [0.717, 1.165) is 24.1 Å². The third-order valence-electron chi connectivity index (χ3n) is 3.52. The number of likely N-dealkylation sites (tertiary alicyclic amines) is 1. The first-order valence-corrected chi connectivity index (χ1v) is 6.54. The summed E-state index contributed by atoms with van der Waals surface area (Å²) < 4.78 is 0. The van der Waals surface area contributed by atoms with Crippen LogP contribution in [0.5, 0.6) is 0 Å². The number of pyridine rings is 1. The van der Waals surface area contributed by atoms with Crippen molar-refractivity contribution < 1.29 is 0 Å². The Morgan fingerprint density at radius 3 is 2.71 bits per heavy atom. The van der Waals surface area contributed by atoms with Crippen molar-refractivity contribution in [1.29, 1.82) is 0 Å². The Balaban J connectivity index is 2.04. The van der Waals surface area contributed by atoms with Gasteiger partial charge in [0.2, 0.25) is 0 Å². The average molecular weight is 233 g/mol. The van der Waals surface area contributed by atoms with E-state index in [-0.39, 0.29) is 0 Å². The summed E-state index contributed by atoms with van der Waals surface area (Å²) in [5.74, 6) is 1.59. The van der Waals surface area contributed by atoms with Crippen LogP contribution >= 0.6 is 0 Å². The van der Waals surface area contributed by atoms with Gasteiger partial charge in [0, 0.05) is 32.4 Å². The molecule has 0 bridgehead atoms. The normalized spacial score (nSPS) is 26.1. The molecule has 2 heterocycles. The van der Waals surface area contributed by atoms with Gasteiger partial charge in [-0.05, 0) is 29.9 Å². The third kappa shape index (κ3) is 3.27. The van der Waals surface area contributed by atoms with Gasteiger partial charge >= 0.3 is 0 Å². The van der Waals surface area contributed by atoms with Gasteiger partial charge < -0.3 is 5.73 Å². The second-order valence-electron chi connectivity index (χ2n) is 5.45. The molecule has 1 aromatic heterocycles. The van der Waals surface area contributed by atoms with E-state index in [0.29, 0.717) is 6.54 Å². The van der Waals surface area contributed by atoms with Crippen molar-refractivity contribution in [3.05, 3.63) is 29.6 Å². The van der Waals surface area contributed by atoms with Crippen LogP contribution < -0.4 is 5.73 Å². The first-order valence-electron chi connectivity index (χ1n) is 6.54. The molecule has 2 atom stereocenters. The van der Waals surface area contributed by atoms with Crippen LogP contribution in [0.4, 0.5) is 0 Å². The van der Waals surface area contributed by atoms with E-state index in [9.17, 15) is 0 Å². The van der Waals surface area contributed by atoms with E-state index in [1.54, 1.807) is 0 Å². The maximum absolute atomic E-state index is 5.75. The van der Waals surface area contributed by atoms with Crippen molar-refractivity contribution in [2.45, 2.75) is 33.4 Å². The van der Waals surface area contributed by atoms with Gasteiger partial charge in [0.1, 0.15) is 0 Å². The van der Waals surface area contributed by atoms with Gasteiger partial charge in [0.15, 0.2) is 0 Å². The van der Waals surface area contributed by atoms with Crippen molar-refractivity contribution >= 4 is 0 Å². The number of piperidine rings is 1. The van der Waals surface area contributed by atoms with Crippen LogP contribution in [0.2, 0.25) is 0 Å². The molecule has 1 aliphatic heterocycles. The monoisotopic (exact) mass is 233 g/mol. The summed E-state index contributed by atoms with van der Waals surface area (Å²) in [5, 5.41) is 0. The van der Waals surface area contributed by atoms with Crippen molar-refractivity contribution in [2.24, 2.45) is 17.6 Å². The molecule has 2 unspecified atom stereocenters. The van der Waals surface area contributed by atoms with E-state index >= 15 is 0 Å². The van der Waals surface area contributed by atoms with Crippen molar-refractivity contribution in [2.75, 3.05) is 13.1 Å². The van der Waals surface area contributed by atoms with E-state index in [4.69, 9.17) is 5.73 Å². The lowest BCUT2D eigenvalue weighted by atomic mass is 9.92. The predicted molar refractivity (Wildman–Crippen MR) is 70.4 cm³/mol. The molecule has 0 radical (unpaired) electrons. The molecule has 3 heteroatoms. The fraction of sp³-hybridized carbons (Fsp3) is 0.643. The summed E-state index contributed by atoms with van der Waals surface area (Å²) in [6.45, 7) is 8.58. The van der Waals surface area contributed by atoms with Crippen molar-refractivity contribution in [3.8, 4) is 0 Å². The zero-order chi connectivity index (χ0) is 12.3. The van der Waals surface area contributed by atoms with Gasteiger partial charge in [-0.15, -0.1) is 0 Å². The van der Waals surface area contributed by atoms with E-state index in [1.807, 2.05) is 12.3 Å². The zero-order valence-corrected chi connectivity index (χ0v) is 10.9. The number of hydrogen-bond acceptors (Lipinski definition) is 3. The summed E-state index contributed by atoms with van der Waals surface area (Å²) in [7, 11) is 0. The Morgan fingerprint density at radius 2 is 2.06 bits per heavy atom. The number of nitrogens with two attached hydrogens (primary N) is 1. The van der Waals surface area contributed by atoms with Gasteiger partial charge in [-0.2, -0.15) is 0 Å². The summed E-state index contributed by atoms with van der Waals surface area (Å²) >= 11 is 0. The van der Waals surface area contributed by atoms with Crippen molar-refractivity contribution in [1.82, 2.24) is 9.88 Å². The van der Waals surface area contributed by atoms with E-state index in [2.05, 4.69) is 29.8 Å². The Hall–Kier alpha value is -0.930. The molecular formula is C14H23N3. The molecule has 0 aliphatic carbocycles. The molecule has 17 heavy (non-hydrogen) atoms. The molecule has 1 aliphatic rings. The molecule has 1 fully saturated rings. The zero-order valence-electron chi connectivity index (χ0n) is 10.9. The van der Waals surface area contributed by atoms with Crippen LogP contribution in [0.1, 0.15) is 31.5 Å². The average Bonchev–Trinajstić information content (AvgIpc) is 2.28. The summed E-state index contributed by atoms with van der Waals surface area (Å²) in [5.41, 5.74) is 8.08. The van der Waals surface area contributed by atoms with Crippen LogP contribution in [-0.2, 0) is 13.1 Å². The first kappa shape index (κ1) is 12.5. The highest BCUT2D eigenvalue weighted by Gasteiger charge is 2.22. The molecule has 1 aromatic rings. The standard InChI is InChI=1S/C14H23N3/c1-11-6-12(2)9-17(8-11)10-14-13(7-15)4-3-5-16-14/h3-5,11-12H,6-10,15H2,1-2H3. The smallest absolute Gasteiger partial charge is 0.0588 e. The Labute approximate surface area is 104 Å². The van der Waals surface area contributed by atoms with E-state index < -0.39 is 0 Å². The lowest BCUT2D eigenvalue weighted by molar-refractivity contribution is 0.132. The number of rotatable bonds is 3. The predicted octanol–water partition coefficient (Wildman–Crippen LogP) is 2.02.